The Labute approximate surface area is 123 Å². The zero-order valence-electron chi connectivity index (χ0n) is 13.2. The van der Waals surface area contributed by atoms with E-state index in [1.807, 2.05) is 19.1 Å². The second-order valence-electron chi connectivity index (χ2n) is 5.00. The van der Waals surface area contributed by atoms with Crippen LogP contribution in [-0.2, 0) is 4.74 Å². The fraction of sp³-hybridized carbons (Fsp3) is 0.647. The van der Waals surface area contributed by atoms with Gasteiger partial charge in [-0.05, 0) is 50.9 Å². The lowest BCUT2D eigenvalue weighted by Gasteiger charge is -2.15. The van der Waals surface area contributed by atoms with Gasteiger partial charge in [0.05, 0.1) is 6.61 Å². The molecule has 0 aliphatic carbocycles. The fourth-order valence-corrected chi connectivity index (χ4v) is 1.98. The molecule has 1 atom stereocenters. The molecule has 0 saturated heterocycles. The highest BCUT2D eigenvalue weighted by Crippen LogP contribution is 2.17. The van der Waals surface area contributed by atoms with E-state index >= 15 is 0 Å². The summed E-state index contributed by atoms with van der Waals surface area (Å²) in [7, 11) is 0. The molecule has 3 heteroatoms. The van der Waals surface area contributed by atoms with Crippen LogP contribution in [0.25, 0.3) is 0 Å². The van der Waals surface area contributed by atoms with E-state index in [1.165, 1.54) is 12.0 Å². The number of benzene rings is 1. The molecule has 3 nitrogen and oxygen atoms in total. The third kappa shape index (κ3) is 6.92. The van der Waals surface area contributed by atoms with E-state index in [9.17, 15) is 0 Å². The van der Waals surface area contributed by atoms with Crippen molar-refractivity contribution >= 4 is 0 Å². The smallest absolute Gasteiger partial charge is 0.119 e. The second kappa shape index (κ2) is 10.7. The molecule has 0 fully saturated rings. The van der Waals surface area contributed by atoms with E-state index in [1.54, 1.807) is 0 Å². The molecule has 0 aliphatic heterocycles. The summed E-state index contributed by atoms with van der Waals surface area (Å²) in [6, 6.07) is 8.68. The molecule has 0 amide bonds. The quantitative estimate of drug-likeness (QED) is 0.622. The monoisotopic (exact) mass is 279 g/mol. The number of ether oxygens (including phenoxy) is 2. The van der Waals surface area contributed by atoms with Crippen molar-refractivity contribution in [2.24, 2.45) is 0 Å². The third-order valence-corrected chi connectivity index (χ3v) is 3.25. The molecule has 0 aliphatic rings. The van der Waals surface area contributed by atoms with Crippen molar-refractivity contribution in [3.05, 3.63) is 29.8 Å². The summed E-state index contributed by atoms with van der Waals surface area (Å²) in [6.45, 7) is 9.82. The normalized spacial score (nSPS) is 12.3. The molecule has 1 N–H and O–H groups in total. The van der Waals surface area contributed by atoms with Crippen LogP contribution in [-0.4, -0.2) is 26.4 Å². The van der Waals surface area contributed by atoms with Gasteiger partial charge in [0, 0.05) is 19.3 Å². The molecule has 1 rings (SSSR count). The van der Waals surface area contributed by atoms with Crippen molar-refractivity contribution in [3.63, 3.8) is 0 Å². The van der Waals surface area contributed by atoms with Crippen LogP contribution in [0.4, 0.5) is 0 Å². The maximum atomic E-state index is 5.55. The molecular weight excluding hydrogens is 250 g/mol. The minimum Gasteiger partial charge on any atom is -0.494 e. The van der Waals surface area contributed by atoms with Gasteiger partial charge in [-0.3, -0.25) is 0 Å². The zero-order chi connectivity index (χ0) is 14.6. The Balaban J connectivity index is 2.17. The van der Waals surface area contributed by atoms with Gasteiger partial charge in [0.25, 0.3) is 0 Å². The highest BCUT2D eigenvalue weighted by atomic mass is 16.5. The van der Waals surface area contributed by atoms with E-state index in [0.29, 0.717) is 12.6 Å². The molecule has 0 spiro atoms. The predicted octanol–water partition coefficient (Wildman–Crippen LogP) is 3.94. The Morgan fingerprint density at radius 3 is 2.40 bits per heavy atom. The second-order valence-corrected chi connectivity index (χ2v) is 5.00. The molecule has 20 heavy (non-hydrogen) atoms. The minimum atomic E-state index is 0.362. The highest BCUT2D eigenvalue weighted by Gasteiger charge is 2.04. The van der Waals surface area contributed by atoms with Gasteiger partial charge in [-0.1, -0.05) is 25.5 Å². The molecule has 0 heterocycles. The summed E-state index contributed by atoms with van der Waals surface area (Å²) in [5.74, 6) is 0.938. The van der Waals surface area contributed by atoms with E-state index in [-0.39, 0.29) is 0 Å². The molecule has 0 saturated carbocycles. The van der Waals surface area contributed by atoms with Crippen molar-refractivity contribution < 1.29 is 9.47 Å². The predicted molar refractivity (Wildman–Crippen MR) is 84.4 cm³/mol. The number of hydrogen-bond donors (Lipinski definition) is 1. The van der Waals surface area contributed by atoms with Crippen LogP contribution in [0.2, 0.25) is 0 Å². The highest BCUT2D eigenvalue weighted by molar-refractivity contribution is 5.28. The minimum absolute atomic E-state index is 0.362. The van der Waals surface area contributed by atoms with Crippen LogP contribution in [0, 0.1) is 0 Å². The van der Waals surface area contributed by atoms with Crippen LogP contribution in [0.15, 0.2) is 24.3 Å². The molecule has 1 aromatic rings. The number of hydrogen-bond acceptors (Lipinski definition) is 3. The number of unbranched alkanes of at least 4 members (excludes halogenated alkanes) is 1. The molecule has 0 radical (unpaired) electrons. The van der Waals surface area contributed by atoms with Crippen LogP contribution >= 0.6 is 0 Å². The van der Waals surface area contributed by atoms with E-state index in [4.69, 9.17) is 9.47 Å². The lowest BCUT2D eigenvalue weighted by molar-refractivity contribution is 0.128. The van der Waals surface area contributed by atoms with Gasteiger partial charge in [-0.2, -0.15) is 0 Å². The number of rotatable bonds is 11. The van der Waals surface area contributed by atoms with E-state index in [0.717, 1.165) is 38.3 Å². The van der Waals surface area contributed by atoms with Crippen LogP contribution in [0.3, 0.4) is 0 Å². The summed E-state index contributed by atoms with van der Waals surface area (Å²) in [4.78, 5) is 0. The maximum Gasteiger partial charge on any atom is 0.119 e. The van der Waals surface area contributed by atoms with E-state index in [2.05, 4.69) is 31.3 Å². The molecule has 0 bridgehead atoms. The molecular formula is C17H29NO2. The lowest BCUT2D eigenvalue weighted by Crippen LogP contribution is -2.21. The van der Waals surface area contributed by atoms with E-state index < -0.39 is 0 Å². The van der Waals surface area contributed by atoms with Crippen molar-refractivity contribution in [3.8, 4) is 5.75 Å². The summed E-state index contributed by atoms with van der Waals surface area (Å²) in [5.41, 5.74) is 1.29. The first-order valence-corrected chi connectivity index (χ1v) is 7.81. The fourth-order valence-electron chi connectivity index (χ4n) is 1.98. The summed E-state index contributed by atoms with van der Waals surface area (Å²) in [6.07, 6.45) is 3.42. The van der Waals surface area contributed by atoms with Gasteiger partial charge in [-0.25, -0.2) is 0 Å². The van der Waals surface area contributed by atoms with Crippen molar-refractivity contribution in [2.45, 2.75) is 46.1 Å². The number of nitrogens with one attached hydrogen (secondary N) is 1. The largest absolute Gasteiger partial charge is 0.494 e. The van der Waals surface area contributed by atoms with Gasteiger partial charge in [0.15, 0.2) is 0 Å². The lowest BCUT2D eigenvalue weighted by atomic mass is 10.1. The Morgan fingerprint density at radius 1 is 1.05 bits per heavy atom. The van der Waals surface area contributed by atoms with Crippen LogP contribution in [0.5, 0.6) is 5.75 Å². The van der Waals surface area contributed by atoms with Gasteiger partial charge in [0.1, 0.15) is 5.75 Å². The van der Waals surface area contributed by atoms with Crippen LogP contribution in [0.1, 0.15) is 51.6 Å². The molecule has 0 aromatic heterocycles. The summed E-state index contributed by atoms with van der Waals surface area (Å²) in [5, 5.41) is 3.52. The van der Waals surface area contributed by atoms with Gasteiger partial charge in [-0.15, -0.1) is 0 Å². The van der Waals surface area contributed by atoms with Crippen molar-refractivity contribution in [1.82, 2.24) is 5.32 Å². The average molecular weight is 279 g/mol. The van der Waals surface area contributed by atoms with Gasteiger partial charge < -0.3 is 14.8 Å². The zero-order valence-corrected chi connectivity index (χ0v) is 13.2. The Morgan fingerprint density at radius 2 is 1.75 bits per heavy atom. The standard InChI is InChI=1S/C17H29NO2/c1-4-6-13-19-14-7-12-18-15(3)16-8-10-17(11-9-16)20-5-2/h8-11,15,18H,4-7,12-14H2,1-3H3. The van der Waals surface area contributed by atoms with Crippen molar-refractivity contribution in [1.29, 1.82) is 0 Å². The van der Waals surface area contributed by atoms with Gasteiger partial charge >= 0.3 is 0 Å². The summed E-state index contributed by atoms with van der Waals surface area (Å²) >= 11 is 0. The Bertz CT molecular complexity index is 337. The van der Waals surface area contributed by atoms with Gasteiger partial charge in [0.2, 0.25) is 0 Å². The average Bonchev–Trinajstić information content (AvgIpc) is 2.47. The van der Waals surface area contributed by atoms with Crippen molar-refractivity contribution in [2.75, 3.05) is 26.4 Å². The molecule has 1 aromatic carbocycles. The summed E-state index contributed by atoms with van der Waals surface area (Å²) < 4.78 is 11.0. The SMILES string of the molecule is CCCCOCCCNC(C)c1ccc(OCC)cc1. The third-order valence-electron chi connectivity index (χ3n) is 3.25. The topological polar surface area (TPSA) is 30.5 Å². The van der Waals surface area contributed by atoms with Crippen LogP contribution < -0.4 is 10.1 Å². The maximum absolute atomic E-state index is 5.55. The first kappa shape index (κ1) is 17.0. The Hall–Kier alpha value is -1.06. The molecule has 114 valence electrons. The molecule has 1 unspecified atom stereocenters. The Kier molecular flexibility index (Phi) is 9.09. The first-order chi connectivity index (χ1) is 9.77. The first-order valence-electron chi connectivity index (χ1n) is 7.81.